The van der Waals surface area contributed by atoms with E-state index in [0.717, 1.165) is 38.0 Å². The van der Waals surface area contributed by atoms with Crippen molar-refractivity contribution in [2.45, 2.75) is 25.7 Å². The fraction of sp³-hybridized carbons (Fsp3) is 0.529. The van der Waals surface area contributed by atoms with Crippen LogP contribution in [0.15, 0.2) is 18.2 Å². The molecule has 23 heavy (non-hydrogen) atoms. The monoisotopic (exact) mass is 317 g/mol. The number of rotatable bonds is 4. The number of anilines is 2. The third-order valence-electron chi connectivity index (χ3n) is 4.49. The molecule has 6 nitrogen and oxygen atoms in total. The third kappa shape index (κ3) is 3.47. The van der Waals surface area contributed by atoms with Crippen molar-refractivity contribution in [1.29, 1.82) is 0 Å². The third-order valence-corrected chi connectivity index (χ3v) is 4.49. The van der Waals surface area contributed by atoms with Crippen LogP contribution in [0.4, 0.5) is 11.4 Å². The minimum absolute atomic E-state index is 0.0113. The van der Waals surface area contributed by atoms with Gasteiger partial charge < -0.3 is 20.3 Å². The van der Waals surface area contributed by atoms with Gasteiger partial charge in [0.2, 0.25) is 11.8 Å². The van der Waals surface area contributed by atoms with Crippen LogP contribution in [0.3, 0.4) is 0 Å². The predicted octanol–water partition coefficient (Wildman–Crippen LogP) is 1.76. The van der Waals surface area contributed by atoms with Crippen molar-refractivity contribution in [2.24, 2.45) is 5.92 Å². The van der Waals surface area contributed by atoms with Crippen LogP contribution in [0.5, 0.6) is 5.75 Å². The van der Waals surface area contributed by atoms with Gasteiger partial charge in [0.25, 0.3) is 0 Å². The normalized spacial score (nSPS) is 21.3. The number of carbonyl (C=O) groups excluding carboxylic acids is 2. The molecule has 2 amide bonds. The van der Waals surface area contributed by atoms with E-state index >= 15 is 0 Å². The molecule has 2 N–H and O–H groups in total. The quantitative estimate of drug-likeness (QED) is 0.888. The number of nitrogens with zero attached hydrogens (tertiary/aromatic N) is 1. The Hall–Kier alpha value is -2.08. The maximum atomic E-state index is 12.3. The number of methoxy groups -OCH3 is 1. The number of amides is 2. The Labute approximate surface area is 136 Å². The van der Waals surface area contributed by atoms with E-state index in [1.54, 1.807) is 18.1 Å². The second kappa shape index (κ2) is 7.00. The van der Waals surface area contributed by atoms with Gasteiger partial charge in [0, 0.05) is 25.2 Å². The highest BCUT2D eigenvalue weighted by Gasteiger charge is 2.25. The molecule has 124 valence electrons. The summed E-state index contributed by atoms with van der Waals surface area (Å²) in [5.74, 6) is 0.798. The van der Waals surface area contributed by atoms with Crippen molar-refractivity contribution in [3.05, 3.63) is 18.2 Å². The second-order valence-corrected chi connectivity index (χ2v) is 6.07. The SMILES string of the molecule is COc1ccc(NC(=O)C2CCNC2)cc1N1CCCCC1=O. The summed E-state index contributed by atoms with van der Waals surface area (Å²) in [6.45, 7) is 2.30. The van der Waals surface area contributed by atoms with Crippen molar-refractivity contribution < 1.29 is 14.3 Å². The summed E-state index contributed by atoms with van der Waals surface area (Å²) in [6, 6.07) is 5.46. The fourth-order valence-electron chi connectivity index (χ4n) is 3.16. The first kappa shape index (κ1) is 15.8. The van der Waals surface area contributed by atoms with Gasteiger partial charge in [-0.2, -0.15) is 0 Å². The lowest BCUT2D eigenvalue weighted by atomic mass is 10.1. The molecule has 0 aromatic heterocycles. The highest BCUT2D eigenvalue weighted by molar-refractivity contribution is 5.98. The average molecular weight is 317 g/mol. The summed E-state index contributed by atoms with van der Waals surface area (Å²) in [5, 5.41) is 6.15. The Morgan fingerprint density at radius 2 is 2.26 bits per heavy atom. The summed E-state index contributed by atoms with van der Waals surface area (Å²) < 4.78 is 5.39. The van der Waals surface area contributed by atoms with Gasteiger partial charge in [-0.05, 0) is 44.0 Å². The van der Waals surface area contributed by atoms with Crippen molar-refractivity contribution in [1.82, 2.24) is 5.32 Å². The molecule has 1 atom stereocenters. The Morgan fingerprint density at radius 3 is 2.96 bits per heavy atom. The van der Waals surface area contributed by atoms with Gasteiger partial charge in [-0.1, -0.05) is 0 Å². The highest BCUT2D eigenvalue weighted by Crippen LogP contribution is 2.33. The lowest BCUT2D eigenvalue weighted by molar-refractivity contribution is -0.120. The van der Waals surface area contributed by atoms with Crippen LogP contribution in [0.2, 0.25) is 0 Å². The molecule has 1 unspecified atom stereocenters. The molecule has 3 rings (SSSR count). The highest BCUT2D eigenvalue weighted by atomic mass is 16.5. The molecule has 1 aromatic carbocycles. The van der Waals surface area contributed by atoms with Crippen molar-refractivity contribution in [3.63, 3.8) is 0 Å². The number of ether oxygens (including phenoxy) is 1. The standard InChI is InChI=1S/C17H23N3O3/c1-23-15-6-5-13(19-17(22)12-7-8-18-11-12)10-14(15)20-9-3-2-4-16(20)21/h5-6,10,12,18H,2-4,7-9,11H2,1H3,(H,19,22). The van der Waals surface area contributed by atoms with Gasteiger partial charge in [-0.25, -0.2) is 0 Å². The van der Waals surface area contributed by atoms with Crippen molar-refractivity contribution >= 4 is 23.2 Å². The average Bonchev–Trinajstić information content (AvgIpc) is 3.10. The van der Waals surface area contributed by atoms with Gasteiger partial charge in [0.1, 0.15) is 5.75 Å². The van der Waals surface area contributed by atoms with Gasteiger partial charge in [-0.3, -0.25) is 9.59 Å². The maximum Gasteiger partial charge on any atom is 0.228 e. The minimum atomic E-state index is 0.0113. The topological polar surface area (TPSA) is 70.7 Å². The molecule has 2 saturated heterocycles. The van der Waals surface area contributed by atoms with Crippen LogP contribution in [0.25, 0.3) is 0 Å². The van der Waals surface area contributed by atoms with E-state index in [4.69, 9.17) is 4.74 Å². The van der Waals surface area contributed by atoms with E-state index in [2.05, 4.69) is 10.6 Å². The van der Waals surface area contributed by atoms with E-state index in [-0.39, 0.29) is 17.7 Å². The summed E-state index contributed by atoms with van der Waals surface area (Å²) in [4.78, 5) is 26.2. The van der Waals surface area contributed by atoms with Crippen molar-refractivity contribution in [2.75, 3.05) is 37.0 Å². The Kier molecular flexibility index (Phi) is 4.81. The summed E-state index contributed by atoms with van der Waals surface area (Å²) >= 11 is 0. The molecule has 2 aliphatic heterocycles. The zero-order valence-corrected chi connectivity index (χ0v) is 13.4. The summed E-state index contributed by atoms with van der Waals surface area (Å²) in [5.41, 5.74) is 1.44. The number of hydrogen-bond acceptors (Lipinski definition) is 4. The van der Waals surface area contributed by atoms with E-state index in [0.29, 0.717) is 24.4 Å². The van der Waals surface area contributed by atoms with E-state index < -0.39 is 0 Å². The lowest BCUT2D eigenvalue weighted by Crippen LogP contribution is -2.35. The molecule has 2 heterocycles. The molecule has 2 fully saturated rings. The van der Waals surface area contributed by atoms with Crippen LogP contribution in [0, 0.1) is 5.92 Å². The first-order valence-electron chi connectivity index (χ1n) is 8.19. The molecule has 0 saturated carbocycles. The first-order chi connectivity index (χ1) is 11.2. The van der Waals surface area contributed by atoms with Crippen LogP contribution in [-0.2, 0) is 9.59 Å². The van der Waals surface area contributed by atoms with Gasteiger partial charge in [-0.15, -0.1) is 0 Å². The van der Waals surface area contributed by atoms with Gasteiger partial charge in [0.05, 0.1) is 18.7 Å². The zero-order valence-electron chi connectivity index (χ0n) is 13.4. The van der Waals surface area contributed by atoms with Gasteiger partial charge in [0.15, 0.2) is 0 Å². The largest absolute Gasteiger partial charge is 0.495 e. The summed E-state index contributed by atoms with van der Waals surface area (Å²) in [7, 11) is 1.59. The minimum Gasteiger partial charge on any atom is -0.495 e. The van der Waals surface area contributed by atoms with Gasteiger partial charge >= 0.3 is 0 Å². The lowest BCUT2D eigenvalue weighted by Gasteiger charge is -2.28. The Balaban J connectivity index is 1.80. The smallest absolute Gasteiger partial charge is 0.228 e. The molecular formula is C17H23N3O3. The molecule has 6 heteroatoms. The van der Waals surface area contributed by atoms with E-state index in [1.807, 2.05) is 12.1 Å². The molecular weight excluding hydrogens is 294 g/mol. The number of nitrogens with one attached hydrogen (secondary N) is 2. The van der Waals surface area contributed by atoms with Crippen molar-refractivity contribution in [3.8, 4) is 5.75 Å². The van der Waals surface area contributed by atoms with Crippen LogP contribution in [0.1, 0.15) is 25.7 Å². The number of carbonyl (C=O) groups is 2. The molecule has 1 aromatic rings. The molecule has 0 spiro atoms. The predicted molar refractivity (Wildman–Crippen MR) is 88.8 cm³/mol. The molecule has 0 aliphatic carbocycles. The van der Waals surface area contributed by atoms with Crippen LogP contribution < -0.4 is 20.3 Å². The molecule has 0 radical (unpaired) electrons. The number of benzene rings is 1. The Bertz CT molecular complexity index is 597. The number of hydrogen-bond donors (Lipinski definition) is 2. The molecule has 0 bridgehead atoms. The molecule has 2 aliphatic rings. The number of piperidine rings is 1. The van der Waals surface area contributed by atoms with E-state index in [9.17, 15) is 9.59 Å². The maximum absolute atomic E-state index is 12.3. The Morgan fingerprint density at radius 1 is 1.39 bits per heavy atom. The van der Waals surface area contributed by atoms with Crippen LogP contribution >= 0.6 is 0 Å². The fourth-order valence-corrected chi connectivity index (χ4v) is 3.16. The summed E-state index contributed by atoms with van der Waals surface area (Å²) in [6.07, 6.45) is 3.34. The second-order valence-electron chi connectivity index (χ2n) is 6.07. The zero-order chi connectivity index (χ0) is 16.2. The van der Waals surface area contributed by atoms with E-state index in [1.165, 1.54) is 0 Å². The van der Waals surface area contributed by atoms with Crippen LogP contribution in [-0.4, -0.2) is 38.6 Å². The first-order valence-corrected chi connectivity index (χ1v) is 8.19.